The molecule has 1 N–H and O–H groups in total. The molecule has 0 unspecified atom stereocenters. The summed E-state index contributed by atoms with van der Waals surface area (Å²) >= 11 is 0. The number of anilines is 2. The standard InChI is InChI=1S/C17H24N4O4/c22-16(23)13-1-5-20(6-2-13)14-11-19-15(12-18-14)21-7-3-17(4-8-21)24-9-10-25-17/h11-13H,1-10H2,(H,22,23). The van der Waals surface area contributed by atoms with Gasteiger partial charge in [0, 0.05) is 39.0 Å². The molecule has 136 valence electrons. The number of nitrogens with zero attached hydrogens (tertiary/aromatic N) is 4. The van der Waals surface area contributed by atoms with Crippen molar-refractivity contribution in [1.82, 2.24) is 9.97 Å². The van der Waals surface area contributed by atoms with Crippen molar-refractivity contribution in [2.45, 2.75) is 31.5 Å². The Labute approximate surface area is 146 Å². The van der Waals surface area contributed by atoms with Gasteiger partial charge >= 0.3 is 5.97 Å². The summed E-state index contributed by atoms with van der Waals surface area (Å²) in [6.07, 6.45) is 6.62. The lowest BCUT2D eigenvalue weighted by Gasteiger charge is -2.38. The molecular weight excluding hydrogens is 324 g/mol. The van der Waals surface area contributed by atoms with Crippen LogP contribution in [0.2, 0.25) is 0 Å². The van der Waals surface area contributed by atoms with Crippen LogP contribution in [0.5, 0.6) is 0 Å². The molecule has 8 nitrogen and oxygen atoms in total. The highest BCUT2D eigenvalue weighted by Crippen LogP contribution is 2.32. The molecule has 0 bridgehead atoms. The molecule has 0 amide bonds. The molecular formula is C17H24N4O4. The normalized spacial score (nSPS) is 24.0. The van der Waals surface area contributed by atoms with E-state index in [2.05, 4.69) is 19.8 Å². The largest absolute Gasteiger partial charge is 0.481 e. The van der Waals surface area contributed by atoms with E-state index in [4.69, 9.17) is 14.6 Å². The molecule has 3 fully saturated rings. The van der Waals surface area contributed by atoms with Gasteiger partial charge in [-0.2, -0.15) is 0 Å². The number of hydrogen-bond acceptors (Lipinski definition) is 7. The Morgan fingerprint density at radius 1 is 1.00 bits per heavy atom. The van der Waals surface area contributed by atoms with Gasteiger partial charge in [-0.05, 0) is 12.8 Å². The first kappa shape index (κ1) is 16.5. The van der Waals surface area contributed by atoms with Gasteiger partial charge in [-0.15, -0.1) is 0 Å². The van der Waals surface area contributed by atoms with Crippen molar-refractivity contribution in [2.75, 3.05) is 49.2 Å². The van der Waals surface area contributed by atoms with Gasteiger partial charge in [0.05, 0.1) is 31.5 Å². The van der Waals surface area contributed by atoms with Crippen LogP contribution >= 0.6 is 0 Å². The Balaban J connectivity index is 1.34. The molecule has 4 rings (SSSR count). The van der Waals surface area contributed by atoms with Crippen LogP contribution in [0.1, 0.15) is 25.7 Å². The van der Waals surface area contributed by atoms with Crippen LogP contribution in [0.3, 0.4) is 0 Å². The van der Waals surface area contributed by atoms with E-state index in [-0.39, 0.29) is 11.7 Å². The number of rotatable bonds is 3. The smallest absolute Gasteiger partial charge is 0.306 e. The summed E-state index contributed by atoms with van der Waals surface area (Å²) in [5.74, 6) is 0.391. The monoisotopic (exact) mass is 348 g/mol. The molecule has 0 aromatic carbocycles. The van der Waals surface area contributed by atoms with Crippen molar-refractivity contribution in [3.05, 3.63) is 12.4 Å². The fraction of sp³-hybridized carbons (Fsp3) is 0.706. The molecule has 4 heterocycles. The Morgan fingerprint density at radius 2 is 1.52 bits per heavy atom. The quantitative estimate of drug-likeness (QED) is 0.869. The second-order valence-electron chi connectivity index (χ2n) is 6.93. The lowest BCUT2D eigenvalue weighted by molar-refractivity contribution is -0.169. The van der Waals surface area contributed by atoms with E-state index >= 15 is 0 Å². The number of hydrogen-bond donors (Lipinski definition) is 1. The summed E-state index contributed by atoms with van der Waals surface area (Å²) in [7, 11) is 0. The molecule has 1 aromatic rings. The summed E-state index contributed by atoms with van der Waals surface area (Å²) in [6.45, 7) is 4.49. The Morgan fingerprint density at radius 3 is 2.00 bits per heavy atom. The highest BCUT2D eigenvalue weighted by molar-refractivity contribution is 5.70. The van der Waals surface area contributed by atoms with Crippen molar-refractivity contribution in [2.24, 2.45) is 5.92 Å². The van der Waals surface area contributed by atoms with E-state index in [9.17, 15) is 4.79 Å². The predicted octanol–water partition coefficient (Wildman–Crippen LogP) is 1.12. The van der Waals surface area contributed by atoms with Crippen LogP contribution in [-0.2, 0) is 14.3 Å². The summed E-state index contributed by atoms with van der Waals surface area (Å²) in [5, 5.41) is 9.08. The maximum Gasteiger partial charge on any atom is 0.306 e. The average molecular weight is 348 g/mol. The average Bonchev–Trinajstić information content (AvgIpc) is 3.11. The first-order valence-corrected chi connectivity index (χ1v) is 8.98. The van der Waals surface area contributed by atoms with Gasteiger partial charge in [0.1, 0.15) is 11.6 Å². The van der Waals surface area contributed by atoms with Crippen molar-refractivity contribution < 1.29 is 19.4 Å². The van der Waals surface area contributed by atoms with Gasteiger partial charge in [-0.25, -0.2) is 9.97 Å². The lowest BCUT2D eigenvalue weighted by Crippen LogP contribution is -2.45. The molecule has 3 aliphatic rings. The summed E-state index contributed by atoms with van der Waals surface area (Å²) in [5.41, 5.74) is 0. The number of aromatic nitrogens is 2. The maximum atomic E-state index is 11.0. The number of carbonyl (C=O) groups is 1. The van der Waals surface area contributed by atoms with Crippen molar-refractivity contribution in [3.63, 3.8) is 0 Å². The van der Waals surface area contributed by atoms with Gasteiger partial charge in [0.25, 0.3) is 0 Å². The number of carboxylic acid groups (broad SMARTS) is 1. The number of aliphatic carboxylic acids is 1. The molecule has 3 saturated heterocycles. The topological polar surface area (TPSA) is 88.0 Å². The van der Waals surface area contributed by atoms with Crippen molar-refractivity contribution >= 4 is 17.6 Å². The molecule has 1 aromatic heterocycles. The zero-order valence-electron chi connectivity index (χ0n) is 14.3. The third-order valence-electron chi connectivity index (χ3n) is 5.46. The van der Waals surface area contributed by atoms with E-state index in [1.54, 1.807) is 6.20 Å². The molecule has 0 saturated carbocycles. The summed E-state index contributed by atoms with van der Waals surface area (Å²) in [4.78, 5) is 24.5. The highest BCUT2D eigenvalue weighted by Gasteiger charge is 2.40. The minimum atomic E-state index is -0.695. The summed E-state index contributed by atoms with van der Waals surface area (Å²) in [6, 6.07) is 0. The molecule has 1 spiro atoms. The molecule has 0 aliphatic carbocycles. The highest BCUT2D eigenvalue weighted by atomic mass is 16.7. The van der Waals surface area contributed by atoms with E-state index in [0.717, 1.165) is 37.6 Å². The minimum Gasteiger partial charge on any atom is -0.481 e. The molecule has 0 atom stereocenters. The summed E-state index contributed by atoms with van der Waals surface area (Å²) < 4.78 is 11.5. The van der Waals surface area contributed by atoms with Crippen LogP contribution in [0.15, 0.2) is 12.4 Å². The Bertz CT molecular complexity index is 600. The third kappa shape index (κ3) is 3.41. The molecule has 8 heteroatoms. The van der Waals surface area contributed by atoms with E-state index in [1.165, 1.54) is 0 Å². The lowest BCUT2D eigenvalue weighted by atomic mass is 9.97. The van der Waals surface area contributed by atoms with Gasteiger partial charge in [-0.1, -0.05) is 0 Å². The van der Waals surface area contributed by atoms with E-state index < -0.39 is 5.97 Å². The number of carboxylic acids is 1. The Kier molecular flexibility index (Phi) is 4.47. The SMILES string of the molecule is O=C(O)C1CCN(c2cnc(N3CCC4(CC3)OCCO4)cn2)CC1. The zero-order valence-corrected chi connectivity index (χ0v) is 14.3. The molecule has 3 aliphatic heterocycles. The second kappa shape index (κ2) is 6.76. The van der Waals surface area contributed by atoms with Gasteiger partial charge in [0.2, 0.25) is 0 Å². The van der Waals surface area contributed by atoms with Crippen LogP contribution in [0, 0.1) is 5.92 Å². The number of ether oxygens (including phenoxy) is 2. The van der Waals surface area contributed by atoms with Crippen molar-refractivity contribution in [3.8, 4) is 0 Å². The third-order valence-corrected chi connectivity index (χ3v) is 5.46. The maximum absolute atomic E-state index is 11.0. The number of piperidine rings is 2. The van der Waals surface area contributed by atoms with Crippen LogP contribution in [0.25, 0.3) is 0 Å². The van der Waals surface area contributed by atoms with Gasteiger partial charge < -0.3 is 24.4 Å². The fourth-order valence-electron chi connectivity index (χ4n) is 3.86. The second-order valence-corrected chi connectivity index (χ2v) is 6.93. The minimum absolute atomic E-state index is 0.232. The zero-order chi connectivity index (χ0) is 17.3. The van der Waals surface area contributed by atoms with Crippen LogP contribution in [0.4, 0.5) is 11.6 Å². The fourth-order valence-corrected chi connectivity index (χ4v) is 3.86. The molecule has 25 heavy (non-hydrogen) atoms. The van der Waals surface area contributed by atoms with Crippen LogP contribution in [-0.4, -0.2) is 66.2 Å². The van der Waals surface area contributed by atoms with Crippen molar-refractivity contribution in [1.29, 1.82) is 0 Å². The van der Waals surface area contributed by atoms with E-state index in [0.29, 0.717) is 39.1 Å². The Hall–Kier alpha value is -1.93. The van der Waals surface area contributed by atoms with Gasteiger partial charge in [-0.3, -0.25) is 4.79 Å². The first-order chi connectivity index (χ1) is 12.2. The predicted molar refractivity (Wildman–Crippen MR) is 90.7 cm³/mol. The first-order valence-electron chi connectivity index (χ1n) is 8.98. The van der Waals surface area contributed by atoms with E-state index in [1.807, 2.05) is 6.20 Å². The van der Waals surface area contributed by atoms with Crippen LogP contribution < -0.4 is 9.80 Å². The van der Waals surface area contributed by atoms with Gasteiger partial charge in [0.15, 0.2) is 5.79 Å². The molecule has 0 radical (unpaired) electrons.